The van der Waals surface area contributed by atoms with Gasteiger partial charge in [0.2, 0.25) is 0 Å². The first-order chi connectivity index (χ1) is 27.1. The minimum Gasteiger partial charge on any atom is -0.497 e. The van der Waals surface area contributed by atoms with Crippen molar-refractivity contribution in [2.24, 2.45) is 0 Å². The summed E-state index contributed by atoms with van der Waals surface area (Å²) in [6, 6.07) is 54.7. The summed E-state index contributed by atoms with van der Waals surface area (Å²) < 4.78 is 11.2. The number of methoxy groups -OCH3 is 2. The highest BCUT2D eigenvalue weighted by molar-refractivity contribution is 6.23. The molecule has 0 unspecified atom stereocenters. The van der Waals surface area contributed by atoms with Gasteiger partial charge in [-0.25, -0.2) is 0 Å². The number of hydrogen-bond acceptors (Lipinski definition) is 2. The number of hydrogen-bond donors (Lipinski definition) is 0. The summed E-state index contributed by atoms with van der Waals surface area (Å²) in [5.41, 5.74) is 15.5. The Morgan fingerprint density at radius 1 is 0.321 bits per heavy atom. The molecule has 0 saturated heterocycles. The van der Waals surface area contributed by atoms with Crippen molar-refractivity contribution in [2.45, 2.75) is 38.5 Å². The second-order valence-electron chi connectivity index (χ2n) is 16.8. The summed E-state index contributed by atoms with van der Waals surface area (Å²) in [5.74, 6) is 1.72. The zero-order chi connectivity index (χ0) is 38.1. The molecule has 2 aliphatic rings. The fourth-order valence-corrected chi connectivity index (χ4v) is 10.2. The monoisotopic (exact) mass is 722 g/mol. The lowest BCUT2D eigenvalue weighted by atomic mass is 9.80. The van der Waals surface area contributed by atoms with E-state index in [0.29, 0.717) is 0 Å². The van der Waals surface area contributed by atoms with Crippen molar-refractivity contribution in [3.8, 4) is 56.0 Å². The third kappa shape index (κ3) is 4.50. The van der Waals surface area contributed by atoms with Crippen LogP contribution in [-0.2, 0) is 10.8 Å². The second kappa shape index (κ2) is 11.6. The van der Waals surface area contributed by atoms with Crippen molar-refractivity contribution in [3.63, 3.8) is 0 Å². The van der Waals surface area contributed by atoms with E-state index in [0.717, 1.165) is 11.5 Å². The number of benzene rings is 9. The lowest BCUT2D eigenvalue weighted by Gasteiger charge is -2.23. The number of rotatable bonds is 4. The summed E-state index contributed by atoms with van der Waals surface area (Å²) in [5, 5.41) is 10.1. The van der Waals surface area contributed by atoms with E-state index >= 15 is 0 Å². The highest BCUT2D eigenvalue weighted by Gasteiger charge is 2.37. The van der Waals surface area contributed by atoms with Gasteiger partial charge >= 0.3 is 0 Å². The van der Waals surface area contributed by atoms with Crippen molar-refractivity contribution in [2.75, 3.05) is 14.2 Å². The van der Waals surface area contributed by atoms with Gasteiger partial charge in [-0.3, -0.25) is 0 Å². The molecule has 0 bridgehead atoms. The van der Waals surface area contributed by atoms with Crippen LogP contribution in [0.5, 0.6) is 11.5 Å². The molecular weight excluding hydrogens is 681 g/mol. The topological polar surface area (TPSA) is 18.5 Å². The predicted molar refractivity (Wildman–Crippen MR) is 236 cm³/mol. The van der Waals surface area contributed by atoms with Crippen LogP contribution in [0.3, 0.4) is 0 Å². The highest BCUT2D eigenvalue weighted by Crippen LogP contribution is 2.54. The third-order valence-electron chi connectivity index (χ3n) is 13.2. The first kappa shape index (κ1) is 33.0. The molecule has 0 atom stereocenters. The first-order valence-corrected chi connectivity index (χ1v) is 19.6. The molecule has 9 aromatic carbocycles. The lowest BCUT2D eigenvalue weighted by Crippen LogP contribution is -2.14. The van der Waals surface area contributed by atoms with E-state index in [2.05, 4.69) is 173 Å². The minimum absolute atomic E-state index is 0.109. The molecule has 270 valence electrons. The molecule has 0 fully saturated rings. The standard InChI is InChI=1S/C54H42O2/c1-53(2)49-13-9-7-11-37(49)47-27-43-39(31-15-19-35(55-5)20-16-31)23-33-26-42-34(25-41(33)45(43)29-51(47)53)24-40(32-17-21-36(56-6)22-18-32)44-28-48-38-12-8-10-14-50(38)54(3,4)52(48)30-46(42)44/h7-30H,1-6H3. The van der Waals surface area contributed by atoms with Gasteiger partial charge in [0.1, 0.15) is 11.5 Å². The Labute approximate surface area is 328 Å². The summed E-state index contributed by atoms with van der Waals surface area (Å²) in [6.07, 6.45) is 0. The molecule has 56 heavy (non-hydrogen) atoms. The van der Waals surface area contributed by atoms with Crippen LogP contribution in [0, 0.1) is 0 Å². The molecule has 9 aromatic rings. The highest BCUT2D eigenvalue weighted by atomic mass is 16.5. The van der Waals surface area contributed by atoms with Crippen LogP contribution in [0.2, 0.25) is 0 Å². The van der Waals surface area contributed by atoms with E-state index in [9.17, 15) is 0 Å². The van der Waals surface area contributed by atoms with Crippen molar-refractivity contribution in [3.05, 3.63) is 168 Å². The van der Waals surface area contributed by atoms with Gasteiger partial charge in [0.05, 0.1) is 14.2 Å². The molecule has 2 heteroatoms. The molecule has 0 amide bonds. The molecule has 0 heterocycles. The van der Waals surface area contributed by atoms with E-state index in [4.69, 9.17) is 9.47 Å². The van der Waals surface area contributed by atoms with E-state index < -0.39 is 0 Å². The largest absolute Gasteiger partial charge is 0.497 e. The third-order valence-corrected chi connectivity index (χ3v) is 13.2. The molecule has 0 aliphatic heterocycles. The van der Waals surface area contributed by atoms with Gasteiger partial charge in [0.25, 0.3) is 0 Å². The molecule has 11 rings (SSSR count). The quantitative estimate of drug-likeness (QED) is 0.133. The Bertz CT molecular complexity index is 2910. The fourth-order valence-electron chi connectivity index (χ4n) is 10.2. The molecule has 0 aromatic heterocycles. The van der Waals surface area contributed by atoms with Crippen LogP contribution < -0.4 is 9.47 Å². The molecule has 0 N–H and O–H groups in total. The van der Waals surface area contributed by atoms with Gasteiger partial charge in [-0.15, -0.1) is 0 Å². The van der Waals surface area contributed by atoms with E-state index in [1.807, 2.05) is 0 Å². The Hall–Kier alpha value is -6.38. The normalized spacial score (nSPS) is 14.5. The predicted octanol–water partition coefficient (Wildman–Crippen LogP) is 14.3. The maximum atomic E-state index is 5.59. The van der Waals surface area contributed by atoms with Gasteiger partial charge in [-0.1, -0.05) is 100 Å². The minimum atomic E-state index is -0.109. The molecule has 2 aliphatic carbocycles. The van der Waals surface area contributed by atoms with E-state index in [1.54, 1.807) is 14.2 Å². The van der Waals surface area contributed by atoms with Crippen molar-refractivity contribution in [1.29, 1.82) is 0 Å². The first-order valence-electron chi connectivity index (χ1n) is 19.6. The molecule has 0 saturated carbocycles. The van der Waals surface area contributed by atoms with Gasteiger partial charge in [-0.05, 0) is 183 Å². The molecule has 0 spiro atoms. The van der Waals surface area contributed by atoms with Crippen LogP contribution in [0.25, 0.3) is 87.6 Å². The van der Waals surface area contributed by atoms with Gasteiger partial charge in [-0.2, -0.15) is 0 Å². The Kier molecular flexibility index (Phi) is 6.82. The van der Waals surface area contributed by atoms with Crippen molar-refractivity contribution >= 4 is 43.1 Å². The van der Waals surface area contributed by atoms with Crippen LogP contribution in [-0.4, -0.2) is 14.2 Å². The average Bonchev–Trinajstić information content (AvgIpc) is 3.60. The maximum Gasteiger partial charge on any atom is 0.118 e. The SMILES string of the molecule is COc1ccc(-c2cc3cc4c(cc(-c5ccc(OC)cc5)c5cc6c(cc54)C(C)(C)c4ccccc4-6)cc3c3cc4c(cc23)-c2ccccc2C4(C)C)cc1. The Morgan fingerprint density at radius 2 is 0.714 bits per heavy atom. The molecule has 0 radical (unpaired) electrons. The lowest BCUT2D eigenvalue weighted by molar-refractivity contribution is 0.415. The van der Waals surface area contributed by atoms with Crippen molar-refractivity contribution in [1.82, 2.24) is 0 Å². The molecular formula is C54H42O2. The van der Waals surface area contributed by atoms with Crippen molar-refractivity contribution < 1.29 is 9.47 Å². The van der Waals surface area contributed by atoms with Gasteiger partial charge in [0.15, 0.2) is 0 Å². The smallest absolute Gasteiger partial charge is 0.118 e. The maximum absolute atomic E-state index is 5.59. The van der Waals surface area contributed by atoms with E-state index in [1.165, 1.54) is 110 Å². The Morgan fingerprint density at radius 3 is 1.11 bits per heavy atom. The summed E-state index contributed by atoms with van der Waals surface area (Å²) in [6.45, 7) is 9.50. The summed E-state index contributed by atoms with van der Waals surface area (Å²) >= 11 is 0. The van der Waals surface area contributed by atoms with Gasteiger partial charge < -0.3 is 9.47 Å². The van der Waals surface area contributed by atoms with Crippen LogP contribution in [0.1, 0.15) is 49.9 Å². The number of ether oxygens (including phenoxy) is 2. The summed E-state index contributed by atoms with van der Waals surface area (Å²) in [4.78, 5) is 0. The van der Waals surface area contributed by atoms with Crippen LogP contribution in [0.15, 0.2) is 146 Å². The van der Waals surface area contributed by atoms with E-state index in [-0.39, 0.29) is 10.8 Å². The zero-order valence-corrected chi connectivity index (χ0v) is 32.7. The molecule has 2 nitrogen and oxygen atoms in total. The second-order valence-corrected chi connectivity index (χ2v) is 16.8. The average molecular weight is 723 g/mol. The van der Waals surface area contributed by atoms with Crippen LogP contribution in [0.4, 0.5) is 0 Å². The van der Waals surface area contributed by atoms with Crippen LogP contribution >= 0.6 is 0 Å². The number of fused-ring (bicyclic) bond motifs is 12. The van der Waals surface area contributed by atoms with Gasteiger partial charge in [0, 0.05) is 10.8 Å². The summed E-state index contributed by atoms with van der Waals surface area (Å²) in [7, 11) is 3.46. The fraction of sp³-hybridized carbons (Fsp3) is 0.148. The Balaban J connectivity index is 1.26. The zero-order valence-electron chi connectivity index (χ0n) is 32.7.